The average molecular weight is 393 g/mol. The molecule has 3 aromatic rings. The number of allylic oxidation sites excluding steroid dienone is 1. The monoisotopic (exact) mass is 393 g/mol. The minimum absolute atomic E-state index is 0.0168. The summed E-state index contributed by atoms with van der Waals surface area (Å²) in [6, 6.07) is 15.3. The van der Waals surface area contributed by atoms with Crippen LogP contribution in [0.25, 0.3) is 17.3 Å². The number of esters is 1. The standard InChI is InChI=1S/C22H20FN3O3/c1-29-22(28)18-13-20(16-9-10-19(23)17(12-16)14-24)25-26(21(18)27)11-5-8-15-6-3-2-4-7-15/h2-10,12-13H,11,14,24H2,1H3. The quantitative estimate of drug-likeness (QED) is 0.651. The summed E-state index contributed by atoms with van der Waals surface area (Å²) in [4.78, 5) is 24.7. The first-order valence-corrected chi connectivity index (χ1v) is 8.94. The van der Waals surface area contributed by atoms with E-state index < -0.39 is 17.3 Å². The van der Waals surface area contributed by atoms with Gasteiger partial charge in [-0.3, -0.25) is 4.79 Å². The number of halogens is 1. The summed E-state index contributed by atoms with van der Waals surface area (Å²) >= 11 is 0. The number of hydrogen-bond acceptors (Lipinski definition) is 5. The highest BCUT2D eigenvalue weighted by molar-refractivity contribution is 5.90. The Balaban J connectivity index is 2.03. The van der Waals surface area contributed by atoms with Gasteiger partial charge in [0, 0.05) is 17.7 Å². The summed E-state index contributed by atoms with van der Waals surface area (Å²) in [5, 5.41) is 4.34. The molecule has 0 amide bonds. The minimum atomic E-state index is -0.763. The maximum Gasteiger partial charge on any atom is 0.343 e. The van der Waals surface area contributed by atoms with Crippen LogP contribution >= 0.6 is 0 Å². The molecule has 3 rings (SSSR count). The third-order valence-electron chi connectivity index (χ3n) is 4.33. The van der Waals surface area contributed by atoms with E-state index in [-0.39, 0.29) is 18.7 Å². The molecule has 0 fully saturated rings. The maximum absolute atomic E-state index is 13.8. The summed E-state index contributed by atoms with van der Waals surface area (Å²) in [7, 11) is 1.20. The van der Waals surface area contributed by atoms with Gasteiger partial charge in [0.2, 0.25) is 0 Å². The SMILES string of the molecule is COC(=O)c1cc(-c2ccc(F)c(CN)c2)nn(CC=Cc2ccccc2)c1=O. The second-order valence-electron chi connectivity index (χ2n) is 6.25. The molecule has 0 bridgehead atoms. The number of nitrogens with two attached hydrogens (primary N) is 1. The van der Waals surface area contributed by atoms with Gasteiger partial charge in [0.05, 0.1) is 19.3 Å². The van der Waals surface area contributed by atoms with E-state index in [2.05, 4.69) is 5.10 Å². The molecule has 0 unspecified atom stereocenters. The predicted molar refractivity (Wildman–Crippen MR) is 109 cm³/mol. The topological polar surface area (TPSA) is 87.2 Å². The number of nitrogens with zero attached hydrogens (tertiary/aromatic N) is 2. The average Bonchev–Trinajstić information content (AvgIpc) is 2.75. The van der Waals surface area contributed by atoms with Crippen molar-refractivity contribution in [3.05, 3.63) is 93.5 Å². The van der Waals surface area contributed by atoms with Crippen LogP contribution in [-0.4, -0.2) is 22.9 Å². The van der Waals surface area contributed by atoms with Gasteiger partial charge in [-0.25, -0.2) is 13.9 Å². The van der Waals surface area contributed by atoms with Crippen molar-refractivity contribution in [1.82, 2.24) is 9.78 Å². The number of aromatic nitrogens is 2. The van der Waals surface area contributed by atoms with Crippen molar-refractivity contribution in [3.8, 4) is 11.3 Å². The van der Waals surface area contributed by atoms with Crippen LogP contribution in [0.3, 0.4) is 0 Å². The zero-order chi connectivity index (χ0) is 20.8. The highest BCUT2D eigenvalue weighted by Crippen LogP contribution is 2.20. The minimum Gasteiger partial charge on any atom is -0.465 e. The largest absolute Gasteiger partial charge is 0.465 e. The molecule has 1 heterocycles. The number of carbonyl (C=O) groups excluding carboxylic acids is 1. The van der Waals surface area contributed by atoms with E-state index in [1.54, 1.807) is 12.1 Å². The highest BCUT2D eigenvalue weighted by Gasteiger charge is 2.17. The van der Waals surface area contributed by atoms with Gasteiger partial charge in [-0.15, -0.1) is 0 Å². The molecular formula is C22H20FN3O3. The second kappa shape index (κ2) is 9.07. The van der Waals surface area contributed by atoms with Gasteiger partial charge in [-0.2, -0.15) is 5.10 Å². The van der Waals surface area contributed by atoms with Crippen molar-refractivity contribution in [2.24, 2.45) is 5.73 Å². The van der Waals surface area contributed by atoms with Gasteiger partial charge >= 0.3 is 5.97 Å². The first kappa shape index (κ1) is 20.2. The fraction of sp³-hybridized carbons (Fsp3) is 0.136. The van der Waals surface area contributed by atoms with Crippen molar-refractivity contribution in [1.29, 1.82) is 0 Å². The molecule has 0 saturated carbocycles. The van der Waals surface area contributed by atoms with Crippen LogP contribution < -0.4 is 11.3 Å². The van der Waals surface area contributed by atoms with Gasteiger partial charge in [0.1, 0.15) is 11.4 Å². The van der Waals surface area contributed by atoms with Gasteiger partial charge in [-0.05, 0) is 29.8 Å². The lowest BCUT2D eigenvalue weighted by Crippen LogP contribution is -2.29. The van der Waals surface area contributed by atoms with E-state index in [1.165, 1.54) is 30.0 Å². The molecule has 6 nitrogen and oxygen atoms in total. The maximum atomic E-state index is 13.8. The molecule has 1 aromatic heterocycles. The Morgan fingerprint density at radius 2 is 1.97 bits per heavy atom. The first-order valence-electron chi connectivity index (χ1n) is 8.94. The molecule has 0 spiro atoms. The third-order valence-corrected chi connectivity index (χ3v) is 4.33. The first-order chi connectivity index (χ1) is 14.0. The summed E-state index contributed by atoms with van der Waals surface area (Å²) in [6.07, 6.45) is 3.62. The fourth-order valence-electron chi connectivity index (χ4n) is 2.81. The highest BCUT2D eigenvalue weighted by atomic mass is 19.1. The molecule has 2 N–H and O–H groups in total. The molecular weight excluding hydrogens is 373 g/mol. The molecule has 0 radical (unpaired) electrons. The molecule has 148 valence electrons. The number of rotatable bonds is 6. The Hall–Kier alpha value is -3.58. The van der Waals surface area contributed by atoms with Gasteiger partial charge in [0.25, 0.3) is 5.56 Å². The smallest absolute Gasteiger partial charge is 0.343 e. The predicted octanol–water partition coefficient (Wildman–Crippen LogP) is 3.01. The van der Waals surface area contributed by atoms with Crippen molar-refractivity contribution in [2.75, 3.05) is 7.11 Å². The van der Waals surface area contributed by atoms with E-state index in [0.717, 1.165) is 5.56 Å². The molecule has 0 aliphatic rings. The molecule has 0 aliphatic carbocycles. The number of methoxy groups -OCH3 is 1. The van der Waals surface area contributed by atoms with Crippen molar-refractivity contribution in [3.63, 3.8) is 0 Å². The summed E-state index contributed by atoms with van der Waals surface area (Å²) in [6.45, 7) is 0.166. The van der Waals surface area contributed by atoms with Crippen molar-refractivity contribution < 1.29 is 13.9 Å². The van der Waals surface area contributed by atoms with E-state index in [0.29, 0.717) is 16.8 Å². The Morgan fingerprint density at radius 1 is 1.21 bits per heavy atom. The molecule has 29 heavy (non-hydrogen) atoms. The normalized spacial score (nSPS) is 11.0. The van der Waals surface area contributed by atoms with E-state index in [1.807, 2.05) is 36.4 Å². The fourth-order valence-corrected chi connectivity index (χ4v) is 2.81. The van der Waals surface area contributed by atoms with Crippen LogP contribution in [0.1, 0.15) is 21.5 Å². The summed E-state index contributed by atoms with van der Waals surface area (Å²) in [5.41, 5.74) is 7.01. The second-order valence-corrected chi connectivity index (χ2v) is 6.25. The Morgan fingerprint density at radius 3 is 2.66 bits per heavy atom. The Kier molecular flexibility index (Phi) is 6.31. The zero-order valence-electron chi connectivity index (χ0n) is 15.8. The number of hydrogen-bond donors (Lipinski definition) is 1. The van der Waals surface area contributed by atoms with Crippen LogP contribution in [0.4, 0.5) is 4.39 Å². The molecule has 0 saturated heterocycles. The van der Waals surface area contributed by atoms with Crippen molar-refractivity contribution in [2.45, 2.75) is 13.1 Å². The van der Waals surface area contributed by atoms with Crippen LogP contribution in [-0.2, 0) is 17.8 Å². The van der Waals surface area contributed by atoms with E-state index in [9.17, 15) is 14.0 Å². The molecule has 2 aromatic carbocycles. The van der Waals surface area contributed by atoms with Gasteiger partial charge < -0.3 is 10.5 Å². The lowest BCUT2D eigenvalue weighted by molar-refractivity contribution is 0.0597. The zero-order valence-corrected chi connectivity index (χ0v) is 15.8. The van der Waals surface area contributed by atoms with Crippen LogP contribution in [0, 0.1) is 5.82 Å². The molecule has 7 heteroatoms. The van der Waals surface area contributed by atoms with Crippen LogP contribution in [0.2, 0.25) is 0 Å². The lowest BCUT2D eigenvalue weighted by atomic mass is 10.1. The van der Waals surface area contributed by atoms with Crippen molar-refractivity contribution >= 4 is 12.0 Å². The van der Waals surface area contributed by atoms with Gasteiger partial charge in [-0.1, -0.05) is 42.5 Å². The molecule has 0 aliphatic heterocycles. The summed E-state index contributed by atoms with van der Waals surface area (Å²) in [5.74, 6) is -1.19. The summed E-state index contributed by atoms with van der Waals surface area (Å²) < 4.78 is 19.7. The Bertz CT molecular complexity index is 1110. The Labute approximate surface area is 167 Å². The number of ether oxygens (including phenoxy) is 1. The van der Waals surface area contributed by atoms with Crippen LogP contribution in [0.5, 0.6) is 0 Å². The van der Waals surface area contributed by atoms with Crippen LogP contribution in [0.15, 0.2) is 65.5 Å². The van der Waals surface area contributed by atoms with E-state index in [4.69, 9.17) is 10.5 Å². The lowest BCUT2D eigenvalue weighted by Gasteiger charge is -2.10. The number of carbonyl (C=O) groups is 1. The van der Waals surface area contributed by atoms with Gasteiger partial charge in [0.15, 0.2) is 0 Å². The molecule has 0 atom stereocenters. The van der Waals surface area contributed by atoms with E-state index >= 15 is 0 Å². The number of benzene rings is 2. The third kappa shape index (κ3) is 4.64.